The van der Waals surface area contributed by atoms with Crippen LogP contribution >= 0.6 is 0 Å². The van der Waals surface area contributed by atoms with Gasteiger partial charge in [-0.2, -0.15) is 0 Å². The molecule has 26 heavy (non-hydrogen) atoms. The summed E-state index contributed by atoms with van der Waals surface area (Å²) in [5.74, 6) is -0.176. The largest absolute Gasteiger partial charge is 0.347 e. The second kappa shape index (κ2) is 8.00. The Kier molecular flexibility index (Phi) is 5.49. The second-order valence-corrected chi connectivity index (χ2v) is 7.36. The molecule has 0 aliphatic carbocycles. The molecule has 7 heteroatoms. The third-order valence-corrected chi connectivity index (χ3v) is 5.63. The lowest BCUT2D eigenvalue weighted by molar-refractivity contribution is -0.187. The fraction of sp³-hybridized carbons (Fsp3) is 0.684. The number of pyridine rings is 1. The summed E-state index contributed by atoms with van der Waals surface area (Å²) in [6, 6.07) is 6.04. The van der Waals surface area contributed by atoms with E-state index in [1.54, 1.807) is 0 Å². The second-order valence-electron chi connectivity index (χ2n) is 7.36. The predicted octanol–water partition coefficient (Wildman–Crippen LogP) is 0.565. The van der Waals surface area contributed by atoms with Crippen molar-refractivity contribution in [3.63, 3.8) is 0 Å². The van der Waals surface area contributed by atoms with E-state index in [-0.39, 0.29) is 5.91 Å². The Labute approximate surface area is 154 Å². The summed E-state index contributed by atoms with van der Waals surface area (Å²) in [7, 11) is 0. The van der Waals surface area contributed by atoms with Crippen LogP contribution in [0, 0.1) is 0 Å². The van der Waals surface area contributed by atoms with Crippen LogP contribution in [-0.4, -0.2) is 90.4 Å². The molecule has 3 saturated heterocycles. The monoisotopic (exact) mass is 360 g/mol. The molecule has 7 nitrogen and oxygen atoms in total. The predicted molar refractivity (Wildman–Crippen MR) is 96.4 cm³/mol. The number of ether oxygens (including phenoxy) is 2. The average molecular weight is 360 g/mol. The van der Waals surface area contributed by atoms with Crippen molar-refractivity contribution in [2.45, 2.75) is 25.2 Å². The molecule has 3 aliphatic rings. The number of amides is 1. The lowest BCUT2D eigenvalue weighted by atomic mass is 10.0. The average Bonchev–Trinajstić information content (AvgIpc) is 3.13. The fourth-order valence-electron chi connectivity index (χ4n) is 4.00. The van der Waals surface area contributed by atoms with Gasteiger partial charge in [-0.05, 0) is 12.1 Å². The topological polar surface area (TPSA) is 58.1 Å². The highest BCUT2D eigenvalue weighted by Crippen LogP contribution is 2.31. The Bertz CT molecular complexity index is 588. The number of rotatable bonds is 4. The molecule has 0 N–H and O–H groups in total. The highest BCUT2D eigenvalue weighted by molar-refractivity contribution is 5.78. The van der Waals surface area contributed by atoms with Crippen LogP contribution in [0.3, 0.4) is 0 Å². The lowest BCUT2D eigenvalue weighted by Gasteiger charge is -2.39. The maximum absolute atomic E-state index is 12.6. The zero-order chi connectivity index (χ0) is 17.8. The molecule has 1 aromatic heterocycles. The Morgan fingerprint density at radius 2 is 1.69 bits per heavy atom. The van der Waals surface area contributed by atoms with Crippen LogP contribution in [0.4, 0.5) is 0 Å². The molecule has 142 valence electrons. The molecule has 0 saturated carbocycles. The molecule has 4 heterocycles. The SMILES string of the molecule is O=C(CN1CCN(Cc2ccccn2)CC1)N1CCC2(CC1)OCCO2. The van der Waals surface area contributed by atoms with Gasteiger partial charge in [0.2, 0.25) is 5.91 Å². The van der Waals surface area contributed by atoms with E-state index in [1.165, 1.54) is 0 Å². The number of carbonyl (C=O) groups is 1. The molecule has 0 aromatic carbocycles. The first-order chi connectivity index (χ1) is 12.7. The van der Waals surface area contributed by atoms with Gasteiger partial charge in [-0.25, -0.2) is 0 Å². The number of hydrogen-bond acceptors (Lipinski definition) is 6. The van der Waals surface area contributed by atoms with E-state index in [0.717, 1.165) is 64.3 Å². The van der Waals surface area contributed by atoms with Crippen LogP contribution in [0.5, 0.6) is 0 Å². The minimum Gasteiger partial charge on any atom is -0.347 e. The minimum atomic E-state index is -0.409. The smallest absolute Gasteiger partial charge is 0.236 e. The summed E-state index contributed by atoms with van der Waals surface area (Å²) < 4.78 is 11.5. The van der Waals surface area contributed by atoms with Gasteiger partial charge in [0.25, 0.3) is 0 Å². The van der Waals surface area contributed by atoms with Gasteiger partial charge in [-0.3, -0.25) is 19.6 Å². The first-order valence-electron chi connectivity index (χ1n) is 9.63. The summed E-state index contributed by atoms with van der Waals surface area (Å²) in [4.78, 5) is 23.7. The fourth-order valence-corrected chi connectivity index (χ4v) is 4.00. The first kappa shape index (κ1) is 17.9. The van der Waals surface area contributed by atoms with Crippen LogP contribution in [0.15, 0.2) is 24.4 Å². The molecule has 0 bridgehead atoms. The van der Waals surface area contributed by atoms with E-state index in [4.69, 9.17) is 9.47 Å². The molecule has 1 amide bonds. The quantitative estimate of drug-likeness (QED) is 0.782. The van der Waals surface area contributed by atoms with Gasteiger partial charge in [0, 0.05) is 64.9 Å². The van der Waals surface area contributed by atoms with Crippen molar-refractivity contribution in [3.8, 4) is 0 Å². The third kappa shape index (κ3) is 4.23. The Morgan fingerprint density at radius 1 is 1.00 bits per heavy atom. The number of piperazine rings is 1. The summed E-state index contributed by atoms with van der Waals surface area (Å²) in [5.41, 5.74) is 1.11. The van der Waals surface area contributed by atoms with E-state index in [0.29, 0.717) is 19.8 Å². The molecule has 0 atom stereocenters. The minimum absolute atomic E-state index is 0.232. The molecule has 3 aliphatic heterocycles. The van der Waals surface area contributed by atoms with Crippen molar-refractivity contribution in [1.29, 1.82) is 0 Å². The molecule has 0 unspecified atom stereocenters. The molecular formula is C19H28N4O3. The van der Waals surface area contributed by atoms with Gasteiger partial charge in [-0.15, -0.1) is 0 Å². The van der Waals surface area contributed by atoms with E-state index < -0.39 is 5.79 Å². The van der Waals surface area contributed by atoms with Crippen molar-refractivity contribution in [1.82, 2.24) is 19.7 Å². The number of nitrogens with zero attached hydrogens (tertiary/aromatic N) is 4. The van der Waals surface area contributed by atoms with E-state index in [1.807, 2.05) is 23.2 Å². The summed E-state index contributed by atoms with van der Waals surface area (Å²) in [6.45, 7) is 8.06. The first-order valence-corrected chi connectivity index (χ1v) is 9.63. The zero-order valence-corrected chi connectivity index (χ0v) is 15.3. The normalized spacial score (nSPS) is 24.2. The van der Waals surface area contributed by atoms with Gasteiger partial charge < -0.3 is 14.4 Å². The summed E-state index contributed by atoms with van der Waals surface area (Å²) >= 11 is 0. The van der Waals surface area contributed by atoms with Crippen molar-refractivity contribution in [2.75, 3.05) is 59.0 Å². The number of carbonyl (C=O) groups excluding carboxylic acids is 1. The van der Waals surface area contributed by atoms with Crippen LogP contribution in [0.1, 0.15) is 18.5 Å². The van der Waals surface area contributed by atoms with E-state index >= 15 is 0 Å². The molecule has 1 aromatic rings. The number of aromatic nitrogens is 1. The molecule has 0 radical (unpaired) electrons. The molecular weight excluding hydrogens is 332 g/mol. The third-order valence-electron chi connectivity index (χ3n) is 5.63. The Balaban J connectivity index is 1.19. The van der Waals surface area contributed by atoms with Gasteiger partial charge in [-0.1, -0.05) is 6.07 Å². The van der Waals surface area contributed by atoms with Crippen molar-refractivity contribution in [2.24, 2.45) is 0 Å². The number of likely N-dealkylation sites (tertiary alicyclic amines) is 1. The summed E-state index contributed by atoms with van der Waals surface area (Å²) in [6.07, 6.45) is 3.42. The van der Waals surface area contributed by atoms with Gasteiger partial charge >= 0.3 is 0 Å². The molecule has 1 spiro atoms. The van der Waals surface area contributed by atoms with Crippen LogP contribution in [0.25, 0.3) is 0 Å². The number of hydrogen-bond donors (Lipinski definition) is 0. The highest BCUT2D eigenvalue weighted by Gasteiger charge is 2.40. The van der Waals surface area contributed by atoms with Crippen LogP contribution in [0.2, 0.25) is 0 Å². The molecule has 4 rings (SSSR count). The van der Waals surface area contributed by atoms with Crippen molar-refractivity contribution >= 4 is 5.91 Å². The van der Waals surface area contributed by atoms with Crippen LogP contribution in [-0.2, 0) is 20.8 Å². The lowest BCUT2D eigenvalue weighted by Crippen LogP contribution is -2.52. The maximum atomic E-state index is 12.6. The zero-order valence-electron chi connectivity index (χ0n) is 15.3. The Hall–Kier alpha value is -1.54. The van der Waals surface area contributed by atoms with Gasteiger partial charge in [0.15, 0.2) is 5.79 Å². The maximum Gasteiger partial charge on any atom is 0.236 e. The van der Waals surface area contributed by atoms with Crippen molar-refractivity contribution < 1.29 is 14.3 Å². The van der Waals surface area contributed by atoms with E-state index in [2.05, 4.69) is 20.9 Å². The standard InChI is InChI=1S/C19H28N4O3/c24-18(23-7-4-19(5-8-23)25-13-14-26-19)16-22-11-9-21(10-12-22)15-17-3-1-2-6-20-17/h1-3,6H,4-5,7-16H2. The van der Waals surface area contributed by atoms with Gasteiger partial charge in [0.05, 0.1) is 25.5 Å². The molecule has 3 fully saturated rings. The number of piperidine rings is 1. The summed E-state index contributed by atoms with van der Waals surface area (Å²) in [5, 5.41) is 0. The highest BCUT2D eigenvalue weighted by atomic mass is 16.7. The van der Waals surface area contributed by atoms with Crippen molar-refractivity contribution in [3.05, 3.63) is 30.1 Å². The van der Waals surface area contributed by atoms with E-state index in [9.17, 15) is 4.79 Å². The van der Waals surface area contributed by atoms with Gasteiger partial charge in [0.1, 0.15) is 0 Å². The van der Waals surface area contributed by atoms with Crippen LogP contribution < -0.4 is 0 Å². The Morgan fingerprint density at radius 3 is 2.35 bits per heavy atom.